The van der Waals surface area contributed by atoms with Gasteiger partial charge in [0.1, 0.15) is 11.8 Å². The first-order chi connectivity index (χ1) is 8.74. The lowest BCUT2D eigenvalue weighted by Gasteiger charge is -2.15. The molecule has 1 unspecified atom stereocenters. The van der Waals surface area contributed by atoms with Crippen molar-refractivity contribution in [3.63, 3.8) is 0 Å². The van der Waals surface area contributed by atoms with Crippen LogP contribution in [0.3, 0.4) is 0 Å². The quantitative estimate of drug-likeness (QED) is 0.456. The highest BCUT2D eigenvalue weighted by Gasteiger charge is 2.30. The summed E-state index contributed by atoms with van der Waals surface area (Å²) < 4.78 is 0. The number of amides is 1. The van der Waals surface area contributed by atoms with E-state index in [0.29, 0.717) is 30.9 Å². The van der Waals surface area contributed by atoms with Crippen LogP contribution in [0.1, 0.15) is 12.1 Å². The Kier molecular flexibility index (Phi) is 3.41. The molecule has 2 heterocycles. The monoisotopic (exact) mass is 242 g/mol. The largest absolute Gasteiger partial charge is 0.311 e. The van der Waals surface area contributed by atoms with Crippen LogP contribution in [0, 0.1) is 17.2 Å². The van der Waals surface area contributed by atoms with Gasteiger partial charge in [-0.15, -0.1) is 0 Å². The Morgan fingerprint density at radius 3 is 3.11 bits per heavy atom. The number of aromatic nitrogens is 1. The molecule has 0 N–H and O–H groups in total. The Bertz CT molecular complexity index is 540. The number of nitriles is 1. The van der Waals surface area contributed by atoms with Crippen LogP contribution >= 0.6 is 0 Å². The third-order valence-electron chi connectivity index (χ3n) is 2.78. The Balaban J connectivity index is 2.11. The molecule has 0 spiro atoms. The summed E-state index contributed by atoms with van der Waals surface area (Å²) in [5.74, 6) is 0.0312. The lowest BCUT2D eigenvalue weighted by Crippen LogP contribution is -2.24. The fourth-order valence-electron chi connectivity index (χ4n) is 1.92. The molecule has 1 aromatic heterocycles. The van der Waals surface area contributed by atoms with Crippen LogP contribution < -0.4 is 4.90 Å². The number of pyridine rings is 1. The summed E-state index contributed by atoms with van der Waals surface area (Å²) >= 11 is 0. The number of azide groups is 1. The molecular formula is C11H10N6O. The minimum Gasteiger partial charge on any atom is -0.311 e. The molecule has 1 saturated heterocycles. The molecule has 18 heavy (non-hydrogen) atoms. The zero-order chi connectivity index (χ0) is 13.0. The standard InChI is InChI=1S/C11H10N6O/c12-4-9-1-2-10(6-14-9)17-7-8(3-11(17)18)5-15-16-13/h1-2,6,8H,3,5,7H2. The topological polar surface area (TPSA) is 106 Å². The van der Waals surface area contributed by atoms with E-state index in [9.17, 15) is 4.79 Å². The Hall–Kier alpha value is -2.58. The van der Waals surface area contributed by atoms with Gasteiger partial charge < -0.3 is 4.90 Å². The molecule has 2 rings (SSSR count). The van der Waals surface area contributed by atoms with Gasteiger partial charge in [0.05, 0.1) is 11.9 Å². The minimum absolute atomic E-state index is 0.0142. The van der Waals surface area contributed by atoms with Crippen LogP contribution in [0.2, 0.25) is 0 Å². The van der Waals surface area contributed by atoms with Gasteiger partial charge in [-0.3, -0.25) is 4.79 Å². The highest BCUT2D eigenvalue weighted by molar-refractivity contribution is 5.95. The van der Waals surface area contributed by atoms with Gasteiger partial charge in [-0.2, -0.15) is 5.26 Å². The van der Waals surface area contributed by atoms with E-state index in [1.54, 1.807) is 17.0 Å². The zero-order valence-electron chi connectivity index (χ0n) is 9.52. The highest BCUT2D eigenvalue weighted by atomic mass is 16.2. The van der Waals surface area contributed by atoms with Gasteiger partial charge in [0, 0.05) is 24.4 Å². The second-order valence-corrected chi connectivity index (χ2v) is 4.00. The van der Waals surface area contributed by atoms with Crippen molar-refractivity contribution in [3.8, 4) is 6.07 Å². The van der Waals surface area contributed by atoms with E-state index in [1.165, 1.54) is 6.20 Å². The van der Waals surface area contributed by atoms with Gasteiger partial charge in [0.25, 0.3) is 0 Å². The van der Waals surface area contributed by atoms with Crippen LogP contribution in [0.25, 0.3) is 10.4 Å². The molecule has 7 heteroatoms. The lowest BCUT2D eigenvalue weighted by atomic mass is 10.1. The maximum Gasteiger partial charge on any atom is 0.227 e. The minimum atomic E-state index is -0.0142. The number of hydrogen-bond donors (Lipinski definition) is 0. The summed E-state index contributed by atoms with van der Waals surface area (Å²) in [5.41, 5.74) is 9.24. The second-order valence-electron chi connectivity index (χ2n) is 4.00. The maximum atomic E-state index is 11.8. The lowest BCUT2D eigenvalue weighted by molar-refractivity contribution is -0.117. The number of nitrogens with zero attached hydrogens (tertiary/aromatic N) is 6. The van der Waals surface area contributed by atoms with Crippen molar-refractivity contribution >= 4 is 11.6 Å². The van der Waals surface area contributed by atoms with Crippen molar-refractivity contribution in [3.05, 3.63) is 34.5 Å². The van der Waals surface area contributed by atoms with E-state index in [-0.39, 0.29) is 11.8 Å². The Morgan fingerprint density at radius 1 is 1.67 bits per heavy atom. The van der Waals surface area contributed by atoms with Crippen molar-refractivity contribution in [1.29, 1.82) is 5.26 Å². The molecule has 0 aromatic carbocycles. The molecule has 1 aromatic rings. The summed E-state index contributed by atoms with van der Waals surface area (Å²) in [5, 5.41) is 12.1. The first kappa shape index (κ1) is 11.9. The average molecular weight is 242 g/mol. The summed E-state index contributed by atoms with van der Waals surface area (Å²) in [7, 11) is 0. The molecule has 1 atom stereocenters. The fraction of sp³-hybridized carbons (Fsp3) is 0.364. The summed E-state index contributed by atoms with van der Waals surface area (Å²) in [6.45, 7) is 0.841. The van der Waals surface area contributed by atoms with E-state index in [4.69, 9.17) is 10.8 Å². The highest BCUT2D eigenvalue weighted by Crippen LogP contribution is 2.24. The third-order valence-corrected chi connectivity index (χ3v) is 2.78. The van der Waals surface area contributed by atoms with Crippen molar-refractivity contribution in [1.82, 2.24) is 4.98 Å². The smallest absolute Gasteiger partial charge is 0.227 e. The molecule has 1 fully saturated rings. The third kappa shape index (κ3) is 2.39. The predicted octanol–water partition coefficient (Wildman–Crippen LogP) is 1.62. The summed E-state index contributed by atoms with van der Waals surface area (Å²) in [6.07, 6.45) is 1.88. The molecule has 0 radical (unpaired) electrons. The SMILES string of the molecule is N#Cc1ccc(N2CC(CN=[N+]=[N-])CC2=O)cn1. The number of hydrogen-bond acceptors (Lipinski definition) is 4. The van der Waals surface area contributed by atoms with Gasteiger partial charge in [-0.1, -0.05) is 5.11 Å². The molecule has 1 aliphatic heterocycles. The van der Waals surface area contributed by atoms with Crippen LogP contribution in [-0.2, 0) is 4.79 Å². The van der Waals surface area contributed by atoms with Crippen molar-refractivity contribution in [2.75, 3.05) is 18.0 Å². The van der Waals surface area contributed by atoms with E-state index >= 15 is 0 Å². The molecule has 7 nitrogen and oxygen atoms in total. The van der Waals surface area contributed by atoms with E-state index in [1.807, 2.05) is 6.07 Å². The number of rotatable bonds is 3. The molecule has 0 saturated carbocycles. The fourth-order valence-corrected chi connectivity index (χ4v) is 1.92. The molecule has 90 valence electrons. The first-order valence-electron chi connectivity index (χ1n) is 5.42. The Morgan fingerprint density at radius 2 is 2.50 bits per heavy atom. The molecule has 1 aliphatic rings. The van der Waals surface area contributed by atoms with Crippen molar-refractivity contribution in [2.45, 2.75) is 6.42 Å². The number of carbonyl (C=O) groups is 1. The second kappa shape index (κ2) is 5.17. The van der Waals surface area contributed by atoms with Crippen LogP contribution in [0.15, 0.2) is 23.4 Å². The molecule has 0 bridgehead atoms. The van der Waals surface area contributed by atoms with Gasteiger partial charge >= 0.3 is 0 Å². The van der Waals surface area contributed by atoms with Gasteiger partial charge in [-0.05, 0) is 23.6 Å². The normalized spacial score (nSPS) is 18.3. The summed E-state index contributed by atoms with van der Waals surface area (Å²) in [6, 6.07) is 5.19. The van der Waals surface area contributed by atoms with E-state index in [2.05, 4.69) is 15.0 Å². The van der Waals surface area contributed by atoms with Crippen LogP contribution in [0.5, 0.6) is 0 Å². The Labute approximate surface area is 103 Å². The van der Waals surface area contributed by atoms with Crippen LogP contribution in [-0.4, -0.2) is 24.0 Å². The molecular weight excluding hydrogens is 232 g/mol. The van der Waals surface area contributed by atoms with Crippen molar-refractivity contribution < 1.29 is 4.79 Å². The van der Waals surface area contributed by atoms with Gasteiger partial charge in [-0.25, -0.2) is 4.98 Å². The predicted molar refractivity (Wildman–Crippen MR) is 63.4 cm³/mol. The zero-order valence-corrected chi connectivity index (χ0v) is 9.52. The number of carbonyl (C=O) groups excluding carboxylic acids is 1. The van der Waals surface area contributed by atoms with E-state index in [0.717, 1.165) is 0 Å². The molecule has 1 amide bonds. The van der Waals surface area contributed by atoms with Gasteiger partial charge in [0.2, 0.25) is 5.91 Å². The number of anilines is 1. The van der Waals surface area contributed by atoms with Crippen molar-refractivity contribution in [2.24, 2.45) is 11.0 Å². The average Bonchev–Trinajstić information content (AvgIpc) is 2.78. The van der Waals surface area contributed by atoms with Crippen LogP contribution in [0.4, 0.5) is 5.69 Å². The van der Waals surface area contributed by atoms with E-state index < -0.39 is 0 Å². The molecule has 0 aliphatic carbocycles. The first-order valence-corrected chi connectivity index (χ1v) is 5.42. The summed E-state index contributed by atoms with van der Waals surface area (Å²) in [4.78, 5) is 20.0. The maximum absolute atomic E-state index is 11.8. The van der Waals surface area contributed by atoms with Gasteiger partial charge in [0.15, 0.2) is 0 Å².